The normalized spacial score (nSPS) is 28.3. The first-order chi connectivity index (χ1) is 14.1. The largest absolute Gasteiger partial charge is 0.453 e. The number of benzene rings is 1. The third-order valence-electron chi connectivity index (χ3n) is 4.43. The number of halogens is 2. The summed E-state index contributed by atoms with van der Waals surface area (Å²) >= 11 is 1.00. The number of hydrogen-bond acceptors (Lipinski definition) is 7. The highest BCUT2D eigenvalue weighted by Crippen LogP contribution is 2.40. The number of thioether (sulfide) groups is 1. The predicted octanol–water partition coefficient (Wildman–Crippen LogP) is 3.58. The Morgan fingerprint density at radius 3 is 2.53 bits per heavy atom. The zero-order valence-electron chi connectivity index (χ0n) is 17.1. The van der Waals surface area contributed by atoms with E-state index in [0.29, 0.717) is 0 Å². The lowest BCUT2D eigenvalue weighted by Crippen LogP contribution is -2.55. The molecule has 0 spiro atoms. The number of amides is 1. The van der Waals surface area contributed by atoms with E-state index in [2.05, 4.69) is 4.99 Å². The number of nitrogens with zero attached hydrogens (tertiary/aromatic N) is 2. The molecule has 0 saturated carbocycles. The molecule has 7 nitrogen and oxygen atoms in total. The summed E-state index contributed by atoms with van der Waals surface area (Å²) in [5.41, 5.74) is -1.33. The number of alkyl halides is 2. The van der Waals surface area contributed by atoms with Gasteiger partial charge in [0.05, 0.1) is 5.56 Å². The first-order valence-corrected chi connectivity index (χ1v) is 10.3. The number of ether oxygens (including phenoxy) is 3. The number of rotatable bonds is 3. The van der Waals surface area contributed by atoms with E-state index in [1.165, 1.54) is 19.2 Å². The van der Waals surface area contributed by atoms with Gasteiger partial charge in [0.2, 0.25) is 0 Å². The van der Waals surface area contributed by atoms with E-state index >= 15 is 4.39 Å². The zero-order chi connectivity index (χ0) is 22.1. The summed E-state index contributed by atoms with van der Waals surface area (Å²) in [6.45, 7) is 4.13. The highest BCUT2D eigenvalue weighted by Gasteiger charge is 2.52. The van der Waals surface area contributed by atoms with Crippen molar-refractivity contribution in [2.24, 2.45) is 4.99 Å². The van der Waals surface area contributed by atoms with Crippen LogP contribution in [0.4, 0.5) is 13.6 Å². The van der Waals surface area contributed by atoms with Crippen LogP contribution in [0.1, 0.15) is 31.1 Å². The molecule has 2 aliphatic rings. The maximum Gasteiger partial charge on any atom is 0.416 e. The van der Waals surface area contributed by atoms with Gasteiger partial charge in [-0.3, -0.25) is 9.89 Å². The van der Waals surface area contributed by atoms with Gasteiger partial charge in [-0.25, -0.2) is 18.4 Å². The summed E-state index contributed by atoms with van der Waals surface area (Å²) in [5.74, 6) is -0.774. The van der Waals surface area contributed by atoms with Gasteiger partial charge in [-0.2, -0.15) is 0 Å². The smallest absolute Gasteiger partial charge is 0.416 e. The van der Waals surface area contributed by atoms with Gasteiger partial charge >= 0.3 is 12.1 Å². The third kappa shape index (κ3) is 4.92. The fraction of sp³-hybridized carbons (Fsp3) is 0.550. The Morgan fingerprint density at radius 2 is 1.93 bits per heavy atom. The average Bonchev–Trinajstić information content (AvgIpc) is 3.13. The van der Waals surface area contributed by atoms with Crippen molar-refractivity contribution >= 4 is 29.0 Å². The van der Waals surface area contributed by atoms with Crippen LogP contribution in [-0.4, -0.2) is 71.3 Å². The number of esters is 1. The number of amidine groups is 1. The zero-order valence-corrected chi connectivity index (χ0v) is 17.9. The molecule has 5 unspecified atom stereocenters. The van der Waals surface area contributed by atoms with Crippen LogP contribution in [0.3, 0.4) is 0 Å². The van der Waals surface area contributed by atoms with Crippen molar-refractivity contribution in [1.82, 2.24) is 4.90 Å². The Bertz CT molecular complexity index is 817. The minimum absolute atomic E-state index is 0.189. The van der Waals surface area contributed by atoms with Gasteiger partial charge in [0, 0.05) is 7.05 Å². The molecule has 1 fully saturated rings. The van der Waals surface area contributed by atoms with Gasteiger partial charge in [0.1, 0.15) is 29.9 Å². The Labute approximate surface area is 177 Å². The molecule has 2 heterocycles. The molecule has 164 valence electrons. The molecule has 0 bridgehead atoms. The summed E-state index contributed by atoms with van der Waals surface area (Å²) < 4.78 is 45.0. The monoisotopic (exact) mass is 442 g/mol. The predicted molar refractivity (Wildman–Crippen MR) is 108 cm³/mol. The molecule has 1 amide bonds. The first kappa shape index (κ1) is 22.5. The number of aliphatic imine (C=N–C) groups is 1. The van der Waals surface area contributed by atoms with Crippen LogP contribution < -0.4 is 0 Å². The van der Waals surface area contributed by atoms with Gasteiger partial charge in [0.25, 0.3) is 0 Å². The first-order valence-electron chi connectivity index (χ1n) is 9.43. The summed E-state index contributed by atoms with van der Waals surface area (Å²) in [6.07, 6.45) is -5.19. The van der Waals surface area contributed by atoms with Gasteiger partial charge in [-0.05, 0) is 32.9 Å². The fourth-order valence-electron chi connectivity index (χ4n) is 2.98. The van der Waals surface area contributed by atoms with Crippen LogP contribution >= 0.6 is 11.8 Å². The van der Waals surface area contributed by atoms with Crippen molar-refractivity contribution in [2.45, 2.75) is 56.2 Å². The summed E-state index contributed by atoms with van der Waals surface area (Å²) in [6, 6.07) is 6.99. The lowest BCUT2D eigenvalue weighted by Gasteiger charge is -2.37. The lowest BCUT2D eigenvalue weighted by molar-refractivity contribution is -0.140. The van der Waals surface area contributed by atoms with Gasteiger partial charge in [-0.1, -0.05) is 30.0 Å². The van der Waals surface area contributed by atoms with E-state index in [4.69, 9.17) is 14.2 Å². The number of carbonyl (C=O) groups excluding carboxylic acids is 2. The molecule has 0 aliphatic carbocycles. The Balaban J connectivity index is 1.74. The minimum Gasteiger partial charge on any atom is -0.453 e. The van der Waals surface area contributed by atoms with Crippen LogP contribution in [-0.2, 0) is 14.2 Å². The maximum atomic E-state index is 15.2. The van der Waals surface area contributed by atoms with Crippen molar-refractivity contribution in [3.63, 3.8) is 0 Å². The van der Waals surface area contributed by atoms with E-state index < -0.39 is 54.2 Å². The van der Waals surface area contributed by atoms with E-state index in [-0.39, 0.29) is 10.7 Å². The summed E-state index contributed by atoms with van der Waals surface area (Å²) in [5, 5.41) is 0.189. The lowest BCUT2D eigenvalue weighted by atomic mass is 10.00. The van der Waals surface area contributed by atoms with Crippen LogP contribution in [0, 0.1) is 0 Å². The van der Waals surface area contributed by atoms with Crippen LogP contribution in [0.2, 0.25) is 0 Å². The van der Waals surface area contributed by atoms with Crippen molar-refractivity contribution < 1.29 is 32.6 Å². The minimum atomic E-state index is -1.80. The van der Waals surface area contributed by atoms with Crippen molar-refractivity contribution in [3.05, 3.63) is 35.9 Å². The highest BCUT2D eigenvalue weighted by molar-refractivity contribution is 8.14. The maximum absolute atomic E-state index is 15.2. The molecule has 10 heteroatoms. The average molecular weight is 442 g/mol. The third-order valence-corrected chi connectivity index (χ3v) is 5.65. The SMILES string of the molecule is CN(C(=O)OC(C)(C)C)C1=NC2C(OC(CF)C(OC(=O)c3ccccc3)C2F)S1. The molecule has 1 saturated heterocycles. The molecular weight excluding hydrogens is 418 g/mol. The second-order valence-corrected chi connectivity index (χ2v) is 9.00. The molecule has 30 heavy (non-hydrogen) atoms. The molecule has 5 atom stereocenters. The van der Waals surface area contributed by atoms with E-state index in [1.54, 1.807) is 39.0 Å². The quantitative estimate of drug-likeness (QED) is 0.666. The second-order valence-electron chi connectivity index (χ2n) is 7.94. The topological polar surface area (TPSA) is 77.4 Å². The van der Waals surface area contributed by atoms with E-state index in [1.807, 2.05) is 0 Å². The molecule has 0 aromatic heterocycles. The molecule has 1 aromatic rings. The number of fused-ring (bicyclic) bond motifs is 1. The summed E-state index contributed by atoms with van der Waals surface area (Å²) in [7, 11) is 1.45. The van der Waals surface area contributed by atoms with Gasteiger partial charge in [0.15, 0.2) is 17.4 Å². The van der Waals surface area contributed by atoms with Crippen molar-refractivity contribution in [2.75, 3.05) is 13.7 Å². The molecule has 0 N–H and O–H groups in total. The Morgan fingerprint density at radius 1 is 1.27 bits per heavy atom. The number of hydrogen-bond donors (Lipinski definition) is 0. The van der Waals surface area contributed by atoms with Gasteiger partial charge in [-0.15, -0.1) is 0 Å². The van der Waals surface area contributed by atoms with Crippen molar-refractivity contribution in [1.29, 1.82) is 0 Å². The molecular formula is C20H24F2N2O5S. The molecule has 3 rings (SSSR count). The second kappa shape index (κ2) is 8.89. The standard InChI is InChI=1S/C20H24F2N2O5S/c1-20(2,3)29-19(26)24(4)18-23-14-13(22)15(12(10-21)27-17(14)30-18)28-16(25)11-8-6-5-7-9-11/h5-9,12-15,17H,10H2,1-4H3. The Kier molecular flexibility index (Phi) is 6.66. The van der Waals surface area contributed by atoms with Crippen molar-refractivity contribution in [3.8, 4) is 0 Å². The summed E-state index contributed by atoms with van der Waals surface area (Å²) in [4.78, 5) is 30.0. The van der Waals surface area contributed by atoms with Crippen LogP contribution in [0.5, 0.6) is 0 Å². The van der Waals surface area contributed by atoms with Gasteiger partial charge < -0.3 is 14.2 Å². The molecule has 0 radical (unpaired) electrons. The van der Waals surface area contributed by atoms with E-state index in [0.717, 1.165) is 16.7 Å². The molecule has 2 aliphatic heterocycles. The van der Waals surface area contributed by atoms with E-state index in [9.17, 15) is 14.0 Å². The number of carbonyl (C=O) groups is 2. The van der Waals surface area contributed by atoms with Crippen LogP contribution in [0.15, 0.2) is 35.3 Å². The molecule has 1 aromatic carbocycles. The highest BCUT2D eigenvalue weighted by atomic mass is 32.2. The Hall–Kier alpha value is -2.20. The fourth-order valence-corrected chi connectivity index (χ4v) is 4.15. The van der Waals surface area contributed by atoms with Crippen LogP contribution in [0.25, 0.3) is 0 Å².